The van der Waals surface area contributed by atoms with Crippen LogP contribution in [0.3, 0.4) is 0 Å². The summed E-state index contributed by atoms with van der Waals surface area (Å²) in [5.74, 6) is 0. The van der Waals surface area contributed by atoms with Crippen molar-refractivity contribution in [3.8, 4) is 0 Å². The molecule has 2 N–H and O–H groups in total. The minimum atomic E-state index is -0.582. The molecule has 0 spiro atoms. The van der Waals surface area contributed by atoms with E-state index in [2.05, 4.69) is 4.98 Å². The zero-order valence-corrected chi connectivity index (χ0v) is 10.2. The van der Waals surface area contributed by atoms with E-state index in [4.69, 9.17) is 0 Å². The molecule has 0 aliphatic heterocycles. The molecule has 0 fully saturated rings. The number of aliphatic hydroxyl groups excluding tert-OH is 1. The van der Waals surface area contributed by atoms with Crippen LogP contribution in [0, 0.1) is 6.92 Å². The van der Waals surface area contributed by atoms with Crippen LogP contribution in [0.15, 0.2) is 54.7 Å². The fourth-order valence-corrected chi connectivity index (χ4v) is 2.25. The summed E-state index contributed by atoms with van der Waals surface area (Å²) in [5, 5.41) is 11.5. The Morgan fingerprint density at radius 1 is 1.00 bits per heavy atom. The lowest BCUT2D eigenvalue weighted by molar-refractivity contribution is 0.222. The average Bonchev–Trinajstić information content (AvgIpc) is 2.82. The van der Waals surface area contributed by atoms with Crippen LogP contribution in [0.5, 0.6) is 0 Å². The number of para-hydroxylation sites is 1. The molecule has 1 atom stereocenters. The molecule has 18 heavy (non-hydrogen) atoms. The highest BCUT2D eigenvalue weighted by atomic mass is 16.3. The molecule has 0 saturated carbocycles. The molecule has 1 unspecified atom stereocenters. The lowest BCUT2D eigenvalue weighted by atomic mass is 10.0. The van der Waals surface area contributed by atoms with Crippen molar-refractivity contribution in [2.75, 3.05) is 0 Å². The second-order valence-corrected chi connectivity index (χ2v) is 4.60. The van der Waals surface area contributed by atoms with Gasteiger partial charge in [0.15, 0.2) is 0 Å². The van der Waals surface area contributed by atoms with E-state index in [-0.39, 0.29) is 0 Å². The highest BCUT2D eigenvalue weighted by molar-refractivity contribution is 5.83. The first-order valence-corrected chi connectivity index (χ1v) is 6.06. The summed E-state index contributed by atoms with van der Waals surface area (Å²) in [5.41, 5.74) is 4.10. The molecule has 90 valence electrons. The Kier molecular flexibility index (Phi) is 2.65. The van der Waals surface area contributed by atoms with E-state index in [0.29, 0.717) is 0 Å². The topological polar surface area (TPSA) is 36.0 Å². The number of aliphatic hydroxyl groups is 1. The van der Waals surface area contributed by atoms with Gasteiger partial charge in [0.2, 0.25) is 0 Å². The first kappa shape index (κ1) is 11.1. The van der Waals surface area contributed by atoms with Crippen LogP contribution in [0.1, 0.15) is 22.8 Å². The van der Waals surface area contributed by atoms with E-state index in [1.165, 1.54) is 5.56 Å². The van der Waals surface area contributed by atoms with Gasteiger partial charge in [-0.2, -0.15) is 0 Å². The molecule has 2 nitrogen and oxygen atoms in total. The zero-order chi connectivity index (χ0) is 12.5. The van der Waals surface area contributed by atoms with Crippen molar-refractivity contribution < 1.29 is 5.11 Å². The van der Waals surface area contributed by atoms with Crippen LogP contribution in [-0.4, -0.2) is 10.1 Å². The Labute approximate surface area is 106 Å². The third-order valence-corrected chi connectivity index (χ3v) is 3.31. The van der Waals surface area contributed by atoms with Crippen LogP contribution >= 0.6 is 0 Å². The first-order valence-electron chi connectivity index (χ1n) is 6.06. The van der Waals surface area contributed by atoms with Crippen LogP contribution in [0.2, 0.25) is 0 Å². The highest BCUT2D eigenvalue weighted by Gasteiger charge is 2.14. The van der Waals surface area contributed by atoms with Gasteiger partial charge in [-0.1, -0.05) is 48.0 Å². The second kappa shape index (κ2) is 4.31. The van der Waals surface area contributed by atoms with E-state index in [1.807, 2.05) is 61.7 Å². The Bertz CT molecular complexity index is 667. The van der Waals surface area contributed by atoms with Crippen LogP contribution in [0.25, 0.3) is 10.9 Å². The van der Waals surface area contributed by atoms with Crippen molar-refractivity contribution in [1.82, 2.24) is 4.98 Å². The quantitative estimate of drug-likeness (QED) is 0.702. The molecule has 0 saturated heterocycles. The fraction of sp³-hybridized carbons (Fsp3) is 0.125. The number of fused-ring (bicyclic) bond motifs is 1. The smallest absolute Gasteiger partial charge is 0.106 e. The molecule has 0 aliphatic carbocycles. The number of rotatable bonds is 2. The van der Waals surface area contributed by atoms with E-state index < -0.39 is 6.10 Å². The summed E-state index contributed by atoms with van der Waals surface area (Å²) in [7, 11) is 0. The minimum absolute atomic E-state index is 0.582. The summed E-state index contributed by atoms with van der Waals surface area (Å²) in [4.78, 5) is 3.19. The number of benzene rings is 2. The molecule has 0 radical (unpaired) electrons. The van der Waals surface area contributed by atoms with Gasteiger partial charge in [0.1, 0.15) is 6.10 Å². The maximum absolute atomic E-state index is 10.4. The number of hydrogen-bond acceptors (Lipinski definition) is 1. The molecule has 0 amide bonds. The average molecular weight is 237 g/mol. The van der Waals surface area contributed by atoms with Gasteiger partial charge < -0.3 is 10.1 Å². The van der Waals surface area contributed by atoms with E-state index in [0.717, 1.165) is 22.0 Å². The second-order valence-electron chi connectivity index (χ2n) is 4.60. The Morgan fingerprint density at radius 3 is 2.50 bits per heavy atom. The minimum Gasteiger partial charge on any atom is -0.384 e. The predicted molar refractivity (Wildman–Crippen MR) is 73.5 cm³/mol. The lowest BCUT2D eigenvalue weighted by Gasteiger charge is -2.10. The van der Waals surface area contributed by atoms with Gasteiger partial charge in [-0.3, -0.25) is 0 Å². The summed E-state index contributed by atoms with van der Waals surface area (Å²) in [6.07, 6.45) is 1.30. The van der Waals surface area contributed by atoms with Gasteiger partial charge in [-0.15, -0.1) is 0 Å². The summed E-state index contributed by atoms with van der Waals surface area (Å²) in [6, 6.07) is 16.0. The standard InChI is InChI=1S/C16H15NO/c1-11-6-8-12(9-7-11)16(18)14-10-17-15-5-3-2-4-13(14)15/h2-10,16-18H,1H3. The monoisotopic (exact) mass is 237 g/mol. The summed E-state index contributed by atoms with van der Waals surface area (Å²) < 4.78 is 0. The number of aromatic nitrogens is 1. The Balaban J connectivity index is 2.06. The van der Waals surface area contributed by atoms with Gasteiger partial charge >= 0.3 is 0 Å². The fourth-order valence-electron chi connectivity index (χ4n) is 2.25. The van der Waals surface area contributed by atoms with Crippen LogP contribution in [-0.2, 0) is 0 Å². The largest absolute Gasteiger partial charge is 0.384 e. The van der Waals surface area contributed by atoms with Gasteiger partial charge in [-0.25, -0.2) is 0 Å². The molecule has 1 aromatic heterocycles. The molecule has 3 aromatic rings. The number of aryl methyl sites for hydroxylation is 1. The molecule has 2 aromatic carbocycles. The maximum atomic E-state index is 10.4. The van der Waals surface area contributed by atoms with Crippen molar-refractivity contribution in [1.29, 1.82) is 0 Å². The van der Waals surface area contributed by atoms with Crippen molar-refractivity contribution in [3.05, 3.63) is 71.4 Å². The van der Waals surface area contributed by atoms with Gasteiger partial charge in [-0.05, 0) is 18.6 Å². The normalized spacial score (nSPS) is 12.8. The molecule has 3 rings (SSSR count). The molecule has 0 aliphatic rings. The summed E-state index contributed by atoms with van der Waals surface area (Å²) >= 11 is 0. The predicted octanol–water partition coefficient (Wildman–Crippen LogP) is 3.56. The Hall–Kier alpha value is -2.06. The van der Waals surface area contributed by atoms with Crippen molar-refractivity contribution in [2.45, 2.75) is 13.0 Å². The molecular formula is C16H15NO. The van der Waals surface area contributed by atoms with Gasteiger partial charge in [0, 0.05) is 22.7 Å². The molecular weight excluding hydrogens is 222 g/mol. The molecule has 1 heterocycles. The lowest BCUT2D eigenvalue weighted by Crippen LogP contribution is -1.98. The number of H-pyrrole nitrogens is 1. The first-order chi connectivity index (χ1) is 8.75. The van der Waals surface area contributed by atoms with Crippen LogP contribution < -0.4 is 0 Å². The summed E-state index contributed by atoms with van der Waals surface area (Å²) in [6.45, 7) is 2.04. The van der Waals surface area contributed by atoms with E-state index in [9.17, 15) is 5.11 Å². The Morgan fingerprint density at radius 2 is 1.72 bits per heavy atom. The van der Waals surface area contributed by atoms with E-state index in [1.54, 1.807) is 0 Å². The molecule has 2 heteroatoms. The SMILES string of the molecule is Cc1ccc(C(O)c2c[nH]c3ccccc23)cc1. The third kappa shape index (κ3) is 1.81. The number of nitrogens with one attached hydrogen (secondary N) is 1. The zero-order valence-electron chi connectivity index (χ0n) is 10.2. The van der Waals surface area contributed by atoms with Gasteiger partial charge in [0.05, 0.1) is 0 Å². The highest BCUT2D eigenvalue weighted by Crippen LogP contribution is 2.28. The number of hydrogen-bond donors (Lipinski definition) is 2. The van der Waals surface area contributed by atoms with Crippen LogP contribution in [0.4, 0.5) is 0 Å². The van der Waals surface area contributed by atoms with Crippen molar-refractivity contribution in [2.24, 2.45) is 0 Å². The number of aromatic amines is 1. The van der Waals surface area contributed by atoms with Gasteiger partial charge in [0.25, 0.3) is 0 Å². The van der Waals surface area contributed by atoms with Crippen molar-refractivity contribution in [3.63, 3.8) is 0 Å². The van der Waals surface area contributed by atoms with E-state index >= 15 is 0 Å². The van der Waals surface area contributed by atoms with Crippen molar-refractivity contribution >= 4 is 10.9 Å². The molecule has 0 bridgehead atoms. The third-order valence-electron chi connectivity index (χ3n) is 3.31. The maximum Gasteiger partial charge on any atom is 0.106 e.